The summed E-state index contributed by atoms with van der Waals surface area (Å²) in [4.78, 5) is 17.2. The van der Waals surface area contributed by atoms with E-state index in [1.165, 1.54) is 0 Å². The Bertz CT molecular complexity index is 862. The molecule has 0 saturated heterocycles. The molecule has 3 rings (SSSR count). The van der Waals surface area contributed by atoms with Crippen LogP contribution in [0.25, 0.3) is 10.9 Å². The second-order valence-corrected chi connectivity index (χ2v) is 7.11. The molecule has 0 aliphatic heterocycles. The number of rotatable bonds is 3. The van der Waals surface area contributed by atoms with E-state index in [9.17, 15) is 4.79 Å². The third-order valence-corrected chi connectivity index (χ3v) is 4.13. The van der Waals surface area contributed by atoms with E-state index in [0.29, 0.717) is 5.56 Å². The van der Waals surface area contributed by atoms with Crippen LogP contribution in [0.4, 0.5) is 0 Å². The number of aryl methyl sites for hydroxylation is 1. The molecule has 0 aliphatic rings. The summed E-state index contributed by atoms with van der Waals surface area (Å²) in [5.74, 6) is -0.108. The molecule has 124 valence electrons. The van der Waals surface area contributed by atoms with Crippen LogP contribution in [0.15, 0.2) is 42.6 Å². The first-order chi connectivity index (χ1) is 11.4. The standard InChI is InChI=1S/C19H22N4O/c1-12-14-11-13(8-9-15(14)23-22-12)18(24)21-17(19(2,3)4)16-7-5-6-10-20-16/h5-11,17H,1-4H3,(H,21,24)(H,22,23). The van der Waals surface area contributed by atoms with Gasteiger partial charge in [-0.15, -0.1) is 0 Å². The van der Waals surface area contributed by atoms with Crippen molar-refractivity contribution in [2.24, 2.45) is 5.41 Å². The lowest BCUT2D eigenvalue weighted by Gasteiger charge is -2.31. The number of benzene rings is 1. The molecule has 3 aromatic rings. The van der Waals surface area contributed by atoms with Gasteiger partial charge in [0.25, 0.3) is 5.91 Å². The summed E-state index contributed by atoms with van der Waals surface area (Å²) in [6.07, 6.45) is 1.75. The smallest absolute Gasteiger partial charge is 0.251 e. The maximum Gasteiger partial charge on any atom is 0.251 e. The second kappa shape index (κ2) is 6.07. The summed E-state index contributed by atoms with van der Waals surface area (Å²) in [6, 6.07) is 11.1. The van der Waals surface area contributed by atoms with E-state index in [1.807, 2.05) is 37.3 Å². The number of hydrogen-bond donors (Lipinski definition) is 2. The van der Waals surface area contributed by atoms with Crippen LogP contribution in [0.3, 0.4) is 0 Å². The zero-order chi connectivity index (χ0) is 17.3. The van der Waals surface area contributed by atoms with E-state index < -0.39 is 0 Å². The predicted molar refractivity (Wildman–Crippen MR) is 94.7 cm³/mol. The number of H-pyrrole nitrogens is 1. The summed E-state index contributed by atoms with van der Waals surface area (Å²) in [5.41, 5.74) is 3.15. The van der Waals surface area contributed by atoms with Gasteiger partial charge in [0.2, 0.25) is 0 Å². The number of hydrogen-bond acceptors (Lipinski definition) is 3. The molecule has 24 heavy (non-hydrogen) atoms. The largest absolute Gasteiger partial charge is 0.343 e. The summed E-state index contributed by atoms with van der Waals surface area (Å²) >= 11 is 0. The van der Waals surface area contributed by atoms with Crippen molar-refractivity contribution < 1.29 is 4.79 Å². The SMILES string of the molecule is Cc1[nH]nc2ccc(C(=O)NC(c3ccccn3)C(C)(C)C)cc12. The van der Waals surface area contributed by atoms with Gasteiger partial charge in [-0.2, -0.15) is 5.10 Å². The van der Waals surface area contributed by atoms with Crippen molar-refractivity contribution in [3.63, 3.8) is 0 Å². The van der Waals surface area contributed by atoms with Crippen LogP contribution in [0.5, 0.6) is 0 Å². The maximum atomic E-state index is 12.8. The van der Waals surface area contributed by atoms with E-state index in [1.54, 1.807) is 12.3 Å². The minimum atomic E-state index is -0.174. The number of carbonyl (C=O) groups excluding carboxylic acids is 1. The molecule has 0 fully saturated rings. The highest BCUT2D eigenvalue weighted by Gasteiger charge is 2.29. The van der Waals surface area contributed by atoms with E-state index in [-0.39, 0.29) is 17.4 Å². The minimum absolute atomic E-state index is 0.108. The molecule has 0 bridgehead atoms. The highest BCUT2D eigenvalue weighted by molar-refractivity contribution is 5.98. The molecule has 5 heteroatoms. The Morgan fingerprint density at radius 2 is 2.00 bits per heavy atom. The van der Waals surface area contributed by atoms with Gasteiger partial charge in [0, 0.05) is 22.8 Å². The number of pyridine rings is 1. The maximum absolute atomic E-state index is 12.8. The van der Waals surface area contributed by atoms with Gasteiger partial charge >= 0.3 is 0 Å². The summed E-state index contributed by atoms with van der Waals surface area (Å²) < 4.78 is 0. The highest BCUT2D eigenvalue weighted by Crippen LogP contribution is 2.32. The van der Waals surface area contributed by atoms with Crippen LogP contribution in [0, 0.1) is 12.3 Å². The van der Waals surface area contributed by atoms with Gasteiger partial charge in [0.05, 0.1) is 17.3 Å². The monoisotopic (exact) mass is 322 g/mol. The van der Waals surface area contributed by atoms with Crippen LogP contribution >= 0.6 is 0 Å². The molecule has 2 heterocycles. The molecule has 0 saturated carbocycles. The predicted octanol–water partition coefficient (Wildman–Crippen LogP) is 3.78. The molecule has 1 aromatic carbocycles. The van der Waals surface area contributed by atoms with Crippen LogP contribution < -0.4 is 5.32 Å². The van der Waals surface area contributed by atoms with E-state index >= 15 is 0 Å². The molecule has 5 nitrogen and oxygen atoms in total. The molecule has 2 N–H and O–H groups in total. The van der Waals surface area contributed by atoms with Gasteiger partial charge in [-0.25, -0.2) is 0 Å². The Labute approximate surface area is 141 Å². The Kier molecular flexibility index (Phi) is 4.09. The molecule has 0 radical (unpaired) electrons. The van der Waals surface area contributed by atoms with Crippen LogP contribution in [-0.2, 0) is 0 Å². The molecule has 2 aromatic heterocycles. The third kappa shape index (κ3) is 3.15. The number of nitrogens with zero attached hydrogens (tertiary/aromatic N) is 2. The fourth-order valence-electron chi connectivity index (χ4n) is 2.77. The molecule has 0 spiro atoms. The number of amides is 1. The van der Waals surface area contributed by atoms with Crippen molar-refractivity contribution in [1.29, 1.82) is 0 Å². The minimum Gasteiger partial charge on any atom is -0.343 e. The lowest BCUT2D eigenvalue weighted by Crippen LogP contribution is -2.37. The van der Waals surface area contributed by atoms with Gasteiger partial charge in [-0.3, -0.25) is 14.9 Å². The van der Waals surface area contributed by atoms with Crippen LogP contribution in [0.2, 0.25) is 0 Å². The lowest BCUT2D eigenvalue weighted by atomic mass is 9.84. The Balaban J connectivity index is 1.91. The average Bonchev–Trinajstić information content (AvgIpc) is 2.93. The first-order valence-electron chi connectivity index (χ1n) is 8.03. The second-order valence-electron chi connectivity index (χ2n) is 7.11. The number of carbonyl (C=O) groups is 1. The van der Waals surface area contributed by atoms with Crippen molar-refractivity contribution in [3.8, 4) is 0 Å². The third-order valence-electron chi connectivity index (χ3n) is 4.13. The number of fused-ring (bicyclic) bond motifs is 1. The summed E-state index contributed by atoms with van der Waals surface area (Å²) in [7, 11) is 0. The average molecular weight is 322 g/mol. The fourth-order valence-corrected chi connectivity index (χ4v) is 2.77. The summed E-state index contributed by atoms with van der Waals surface area (Å²) in [5, 5.41) is 11.2. The van der Waals surface area contributed by atoms with E-state index in [4.69, 9.17) is 0 Å². The van der Waals surface area contributed by atoms with Crippen molar-refractivity contribution >= 4 is 16.8 Å². The number of aromatic amines is 1. The van der Waals surface area contributed by atoms with Crippen LogP contribution in [0.1, 0.15) is 48.6 Å². The molecule has 1 amide bonds. The molecule has 0 aliphatic carbocycles. The van der Waals surface area contributed by atoms with Crippen LogP contribution in [-0.4, -0.2) is 21.1 Å². The summed E-state index contributed by atoms with van der Waals surface area (Å²) in [6.45, 7) is 8.23. The zero-order valence-electron chi connectivity index (χ0n) is 14.4. The van der Waals surface area contributed by atoms with Crippen molar-refractivity contribution in [2.45, 2.75) is 33.7 Å². The van der Waals surface area contributed by atoms with Crippen molar-refractivity contribution in [2.75, 3.05) is 0 Å². The number of nitrogens with one attached hydrogen (secondary N) is 2. The van der Waals surface area contributed by atoms with Crippen molar-refractivity contribution in [1.82, 2.24) is 20.5 Å². The van der Waals surface area contributed by atoms with E-state index in [2.05, 4.69) is 41.3 Å². The normalized spacial score (nSPS) is 13.0. The molecular formula is C19H22N4O. The van der Waals surface area contributed by atoms with Gasteiger partial charge in [-0.1, -0.05) is 26.8 Å². The van der Waals surface area contributed by atoms with Gasteiger partial charge < -0.3 is 5.32 Å². The van der Waals surface area contributed by atoms with Gasteiger partial charge in [0.1, 0.15) is 0 Å². The Hall–Kier alpha value is -2.69. The number of aromatic nitrogens is 3. The van der Waals surface area contributed by atoms with Gasteiger partial charge in [0.15, 0.2) is 0 Å². The molecule has 1 unspecified atom stereocenters. The quantitative estimate of drug-likeness (QED) is 0.771. The van der Waals surface area contributed by atoms with Crippen molar-refractivity contribution in [3.05, 3.63) is 59.5 Å². The first kappa shape index (κ1) is 16.2. The molecular weight excluding hydrogens is 300 g/mol. The Morgan fingerprint density at radius 1 is 1.21 bits per heavy atom. The molecule has 1 atom stereocenters. The fraction of sp³-hybridized carbons (Fsp3) is 0.316. The topological polar surface area (TPSA) is 70.7 Å². The lowest BCUT2D eigenvalue weighted by molar-refractivity contribution is 0.0900. The first-order valence-corrected chi connectivity index (χ1v) is 8.03. The van der Waals surface area contributed by atoms with E-state index in [0.717, 1.165) is 22.3 Å². The zero-order valence-corrected chi connectivity index (χ0v) is 14.4. The highest BCUT2D eigenvalue weighted by atomic mass is 16.1. The van der Waals surface area contributed by atoms with Gasteiger partial charge in [-0.05, 0) is 42.7 Å². The Morgan fingerprint density at radius 3 is 2.67 bits per heavy atom.